The lowest BCUT2D eigenvalue weighted by atomic mass is 10.00. The predicted octanol–water partition coefficient (Wildman–Crippen LogP) is 4.73. The molecule has 3 heteroatoms. The topological polar surface area (TPSA) is 12.0 Å². The van der Waals surface area contributed by atoms with Gasteiger partial charge in [0.1, 0.15) is 0 Å². The molecule has 0 saturated heterocycles. The Kier molecular flexibility index (Phi) is 4.60. The molecule has 0 radical (unpaired) electrons. The van der Waals surface area contributed by atoms with Crippen molar-refractivity contribution >= 4 is 27.3 Å². The molecular formula is C15H18BrNS. The van der Waals surface area contributed by atoms with Gasteiger partial charge in [-0.3, -0.25) is 0 Å². The van der Waals surface area contributed by atoms with Crippen LogP contribution in [0.5, 0.6) is 0 Å². The van der Waals surface area contributed by atoms with Crippen LogP contribution in [0.3, 0.4) is 0 Å². The van der Waals surface area contributed by atoms with Crippen molar-refractivity contribution in [1.82, 2.24) is 5.32 Å². The molecule has 1 aromatic carbocycles. The maximum atomic E-state index is 3.56. The molecule has 18 heavy (non-hydrogen) atoms. The van der Waals surface area contributed by atoms with Crippen LogP contribution in [0.4, 0.5) is 0 Å². The monoisotopic (exact) mass is 323 g/mol. The van der Waals surface area contributed by atoms with Crippen LogP contribution in [-0.2, 0) is 13.1 Å². The van der Waals surface area contributed by atoms with E-state index < -0.39 is 0 Å². The fourth-order valence-corrected chi connectivity index (χ4v) is 3.70. The molecule has 0 aliphatic carbocycles. The van der Waals surface area contributed by atoms with Crippen LogP contribution in [0.1, 0.15) is 27.1 Å². The van der Waals surface area contributed by atoms with Crippen molar-refractivity contribution < 1.29 is 0 Å². The summed E-state index contributed by atoms with van der Waals surface area (Å²) in [6.45, 7) is 8.39. The number of benzene rings is 1. The van der Waals surface area contributed by atoms with Gasteiger partial charge < -0.3 is 5.32 Å². The van der Waals surface area contributed by atoms with Crippen LogP contribution in [0, 0.1) is 20.8 Å². The van der Waals surface area contributed by atoms with E-state index >= 15 is 0 Å². The van der Waals surface area contributed by atoms with E-state index in [4.69, 9.17) is 0 Å². The Labute approximate surface area is 121 Å². The number of aryl methyl sites for hydroxylation is 3. The zero-order valence-corrected chi connectivity index (χ0v) is 13.4. The first-order valence-electron chi connectivity index (χ1n) is 6.07. The summed E-state index contributed by atoms with van der Waals surface area (Å²) in [4.78, 5) is 1.36. The van der Waals surface area contributed by atoms with Crippen molar-refractivity contribution in [3.8, 4) is 0 Å². The third-order valence-corrected chi connectivity index (χ3v) is 5.05. The quantitative estimate of drug-likeness (QED) is 0.858. The summed E-state index contributed by atoms with van der Waals surface area (Å²) in [6.07, 6.45) is 0. The fraction of sp³-hybridized carbons (Fsp3) is 0.333. The summed E-state index contributed by atoms with van der Waals surface area (Å²) in [6, 6.07) is 6.61. The number of thiophene rings is 1. The lowest BCUT2D eigenvalue weighted by molar-refractivity contribution is 0.693. The Bertz CT molecular complexity index is 522. The van der Waals surface area contributed by atoms with Gasteiger partial charge in [0, 0.05) is 22.4 Å². The van der Waals surface area contributed by atoms with Gasteiger partial charge in [0.05, 0.1) is 0 Å². The standard InChI is InChI=1S/C15H18BrNS/c1-10-6-11(2)13(12(3)7-10)8-17-9-15-14(16)4-5-18-15/h4-7,17H,8-9H2,1-3H3. The molecule has 96 valence electrons. The zero-order valence-electron chi connectivity index (χ0n) is 11.0. The third-order valence-electron chi connectivity index (χ3n) is 3.12. The average molecular weight is 324 g/mol. The van der Waals surface area contributed by atoms with Gasteiger partial charge in [0.2, 0.25) is 0 Å². The first-order chi connectivity index (χ1) is 8.58. The van der Waals surface area contributed by atoms with Crippen molar-refractivity contribution in [2.75, 3.05) is 0 Å². The van der Waals surface area contributed by atoms with Crippen LogP contribution in [0.2, 0.25) is 0 Å². The van der Waals surface area contributed by atoms with Crippen molar-refractivity contribution in [2.24, 2.45) is 0 Å². The second-order valence-electron chi connectivity index (χ2n) is 4.67. The minimum absolute atomic E-state index is 0.922. The number of nitrogens with one attached hydrogen (secondary N) is 1. The Morgan fingerprint density at radius 3 is 2.33 bits per heavy atom. The lowest BCUT2D eigenvalue weighted by Crippen LogP contribution is -2.14. The molecule has 1 N–H and O–H groups in total. The minimum Gasteiger partial charge on any atom is -0.308 e. The highest BCUT2D eigenvalue weighted by atomic mass is 79.9. The highest BCUT2D eigenvalue weighted by Crippen LogP contribution is 2.22. The van der Waals surface area contributed by atoms with Gasteiger partial charge in [0.15, 0.2) is 0 Å². The van der Waals surface area contributed by atoms with Crippen molar-refractivity contribution in [3.05, 3.63) is 55.2 Å². The van der Waals surface area contributed by atoms with Gasteiger partial charge in [0.25, 0.3) is 0 Å². The second-order valence-corrected chi connectivity index (χ2v) is 6.53. The Morgan fingerprint density at radius 2 is 1.78 bits per heavy atom. The van der Waals surface area contributed by atoms with Gasteiger partial charge in [-0.1, -0.05) is 17.7 Å². The van der Waals surface area contributed by atoms with Gasteiger partial charge >= 0.3 is 0 Å². The zero-order chi connectivity index (χ0) is 13.1. The molecular weight excluding hydrogens is 306 g/mol. The van der Waals surface area contributed by atoms with Crippen LogP contribution in [0.15, 0.2) is 28.1 Å². The van der Waals surface area contributed by atoms with E-state index in [0.717, 1.165) is 13.1 Å². The molecule has 0 bridgehead atoms. The van der Waals surface area contributed by atoms with E-state index in [1.165, 1.54) is 31.6 Å². The molecule has 2 rings (SSSR count). The van der Waals surface area contributed by atoms with Gasteiger partial charge in [-0.25, -0.2) is 0 Å². The summed E-state index contributed by atoms with van der Waals surface area (Å²) in [5.74, 6) is 0. The highest BCUT2D eigenvalue weighted by molar-refractivity contribution is 9.10. The number of halogens is 1. The summed E-state index contributed by atoms with van der Waals surface area (Å²) < 4.78 is 1.21. The van der Waals surface area contributed by atoms with E-state index in [9.17, 15) is 0 Å². The molecule has 0 spiro atoms. The van der Waals surface area contributed by atoms with Gasteiger partial charge in [-0.15, -0.1) is 11.3 Å². The summed E-state index contributed by atoms with van der Waals surface area (Å²) in [5.41, 5.74) is 5.53. The molecule has 0 unspecified atom stereocenters. The molecule has 1 heterocycles. The first-order valence-corrected chi connectivity index (χ1v) is 7.74. The predicted molar refractivity (Wildman–Crippen MR) is 83.2 cm³/mol. The van der Waals surface area contributed by atoms with Crippen molar-refractivity contribution in [1.29, 1.82) is 0 Å². The smallest absolute Gasteiger partial charge is 0.0327 e. The Hall–Kier alpha value is -0.640. The number of hydrogen-bond acceptors (Lipinski definition) is 2. The fourth-order valence-electron chi connectivity index (χ4n) is 2.24. The molecule has 0 saturated carbocycles. The molecule has 0 atom stereocenters. The minimum atomic E-state index is 0.922. The normalized spacial score (nSPS) is 10.9. The summed E-state index contributed by atoms with van der Waals surface area (Å²) in [5, 5.41) is 5.64. The highest BCUT2D eigenvalue weighted by Gasteiger charge is 2.05. The second kappa shape index (κ2) is 6.00. The number of rotatable bonds is 4. The third kappa shape index (κ3) is 3.22. The summed E-state index contributed by atoms with van der Waals surface area (Å²) >= 11 is 5.35. The van der Waals surface area contributed by atoms with E-state index in [1.807, 2.05) is 0 Å². The molecule has 0 amide bonds. The Balaban J connectivity index is 2.01. The molecule has 2 aromatic rings. The maximum absolute atomic E-state index is 3.56. The first kappa shape index (κ1) is 13.8. The molecule has 1 aromatic heterocycles. The van der Waals surface area contributed by atoms with E-state index in [0.29, 0.717) is 0 Å². The van der Waals surface area contributed by atoms with Crippen LogP contribution >= 0.6 is 27.3 Å². The average Bonchev–Trinajstić information content (AvgIpc) is 2.68. The Morgan fingerprint density at radius 1 is 1.11 bits per heavy atom. The largest absolute Gasteiger partial charge is 0.308 e. The summed E-state index contributed by atoms with van der Waals surface area (Å²) in [7, 11) is 0. The number of hydrogen-bond donors (Lipinski definition) is 1. The SMILES string of the molecule is Cc1cc(C)c(CNCc2sccc2Br)c(C)c1. The van der Waals surface area contributed by atoms with Gasteiger partial charge in [-0.05, 0) is 64.8 Å². The van der Waals surface area contributed by atoms with Crippen molar-refractivity contribution in [3.63, 3.8) is 0 Å². The molecule has 0 aliphatic heterocycles. The molecule has 0 fully saturated rings. The van der Waals surface area contributed by atoms with Crippen LogP contribution in [-0.4, -0.2) is 0 Å². The molecule has 0 aliphatic rings. The van der Waals surface area contributed by atoms with E-state index in [-0.39, 0.29) is 0 Å². The van der Waals surface area contributed by atoms with Gasteiger partial charge in [-0.2, -0.15) is 0 Å². The van der Waals surface area contributed by atoms with Crippen LogP contribution in [0.25, 0.3) is 0 Å². The van der Waals surface area contributed by atoms with Crippen LogP contribution < -0.4 is 5.32 Å². The molecule has 1 nitrogen and oxygen atoms in total. The van der Waals surface area contributed by atoms with E-state index in [2.05, 4.69) is 65.6 Å². The van der Waals surface area contributed by atoms with E-state index in [1.54, 1.807) is 11.3 Å². The lowest BCUT2D eigenvalue weighted by Gasteiger charge is -2.12. The maximum Gasteiger partial charge on any atom is 0.0327 e. The van der Waals surface area contributed by atoms with Crippen molar-refractivity contribution in [2.45, 2.75) is 33.9 Å².